The Kier molecular flexibility index (Phi) is 6.62. The predicted molar refractivity (Wildman–Crippen MR) is 147 cm³/mol. The second-order valence-electron chi connectivity index (χ2n) is 12.2. The number of likely N-dealkylation sites (tertiary alicyclic amines) is 1. The highest BCUT2D eigenvalue weighted by Crippen LogP contribution is 2.67. The highest BCUT2D eigenvalue weighted by atomic mass is 79.9. The summed E-state index contributed by atoms with van der Waals surface area (Å²) in [5, 5.41) is 11.5. The van der Waals surface area contributed by atoms with Crippen LogP contribution in [0.5, 0.6) is 0 Å². The van der Waals surface area contributed by atoms with E-state index in [1.807, 2.05) is 0 Å². The van der Waals surface area contributed by atoms with Crippen LogP contribution < -0.4 is 0 Å². The van der Waals surface area contributed by atoms with Crippen LogP contribution in [0.2, 0.25) is 0 Å². The Balaban J connectivity index is 1.09. The Hall–Kier alpha value is -0.490. The fraction of sp³-hybridized carbons (Fsp3) is 0.690. The highest BCUT2D eigenvalue weighted by Gasteiger charge is 2.58. The van der Waals surface area contributed by atoms with Crippen LogP contribution in [0.4, 0.5) is 0 Å². The number of aliphatic imine (C=N–C) groups is 1. The molecule has 6 aliphatic carbocycles. The lowest BCUT2D eigenvalue weighted by Gasteiger charge is -2.44. The molecule has 0 aromatic rings. The minimum absolute atomic E-state index is 0.0276. The number of halogens is 2. The Labute approximate surface area is 221 Å². The van der Waals surface area contributed by atoms with Crippen LogP contribution in [-0.2, 0) is 0 Å². The van der Waals surface area contributed by atoms with Crippen LogP contribution >= 0.6 is 31.9 Å². The average molecular weight is 590 g/mol. The van der Waals surface area contributed by atoms with Crippen LogP contribution in [0, 0.1) is 35.0 Å². The van der Waals surface area contributed by atoms with Crippen molar-refractivity contribution in [2.45, 2.75) is 70.4 Å². The lowest BCUT2D eigenvalue weighted by atomic mass is 9.62. The highest BCUT2D eigenvalue weighted by molar-refractivity contribution is 9.12. The van der Waals surface area contributed by atoms with Gasteiger partial charge in [0.25, 0.3) is 0 Å². The maximum absolute atomic E-state index is 11.5. The summed E-state index contributed by atoms with van der Waals surface area (Å²) in [5.41, 5.74) is 2.94. The third-order valence-electron chi connectivity index (χ3n) is 9.77. The van der Waals surface area contributed by atoms with Crippen molar-refractivity contribution < 1.29 is 5.11 Å². The summed E-state index contributed by atoms with van der Waals surface area (Å²) in [5.74, 6) is 3.34. The Bertz CT molecular complexity index is 959. The summed E-state index contributed by atoms with van der Waals surface area (Å²) in [4.78, 5) is 7.59. The van der Waals surface area contributed by atoms with Gasteiger partial charge in [0.2, 0.25) is 0 Å². The lowest BCUT2D eigenvalue weighted by molar-refractivity contribution is 0.112. The van der Waals surface area contributed by atoms with Gasteiger partial charge in [-0.2, -0.15) is 0 Å². The molecular weight excluding hydrogens is 552 g/mol. The van der Waals surface area contributed by atoms with Crippen LogP contribution in [0.15, 0.2) is 49.4 Å². The summed E-state index contributed by atoms with van der Waals surface area (Å²) >= 11 is 7.35. The van der Waals surface area contributed by atoms with Gasteiger partial charge in [0, 0.05) is 29.2 Å². The largest absolute Gasteiger partial charge is 0.388 e. The number of nitrogens with zero attached hydrogens (tertiary/aromatic N) is 2. The van der Waals surface area contributed by atoms with E-state index in [9.17, 15) is 5.11 Å². The molecule has 3 nitrogen and oxygen atoms in total. The van der Waals surface area contributed by atoms with Gasteiger partial charge in [0.1, 0.15) is 0 Å². The van der Waals surface area contributed by atoms with Crippen molar-refractivity contribution in [1.29, 1.82) is 0 Å². The van der Waals surface area contributed by atoms with Gasteiger partial charge >= 0.3 is 0 Å². The van der Waals surface area contributed by atoms with Crippen molar-refractivity contribution >= 4 is 38.1 Å². The fourth-order valence-corrected chi connectivity index (χ4v) is 10.2. The van der Waals surface area contributed by atoms with Crippen molar-refractivity contribution in [3.8, 4) is 0 Å². The van der Waals surface area contributed by atoms with E-state index in [4.69, 9.17) is 4.99 Å². The molecule has 1 aliphatic heterocycles. The molecule has 0 radical (unpaired) electrons. The van der Waals surface area contributed by atoms with E-state index >= 15 is 0 Å². The SMILES string of the molecule is CC1=CC(/C=N/CC2CCCN2CC2C=C(Br)C=C(Br)C2)C(O)C(C23CC4CC(C2)C(C4)C3)=C1. The summed E-state index contributed by atoms with van der Waals surface area (Å²) in [6.07, 6.45) is 21.2. The molecule has 1 heterocycles. The zero-order chi connectivity index (χ0) is 23.4. The minimum Gasteiger partial charge on any atom is -0.388 e. The van der Waals surface area contributed by atoms with Gasteiger partial charge in [0.15, 0.2) is 0 Å². The lowest BCUT2D eigenvalue weighted by Crippen LogP contribution is -2.39. The molecule has 0 aromatic carbocycles. The summed E-state index contributed by atoms with van der Waals surface area (Å²) in [6, 6.07) is 0.522. The molecule has 1 N–H and O–H groups in total. The van der Waals surface area contributed by atoms with E-state index < -0.39 is 6.10 Å². The molecule has 0 amide bonds. The molecule has 0 aromatic heterocycles. The molecule has 6 atom stereocenters. The van der Waals surface area contributed by atoms with Gasteiger partial charge in [-0.25, -0.2) is 0 Å². The van der Waals surface area contributed by atoms with Crippen molar-refractivity contribution in [3.05, 3.63) is 44.4 Å². The quantitative estimate of drug-likeness (QED) is 0.346. The third kappa shape index (κ3) is 4.53. The summed E-state index contributed by atoms with van der Waals surface area (Å²) in [7, 11) is 0. The number of rotatable bonds is 6. The first-order valence-corrected chi connectivity index (χ1v) is 15.0. The third-order valence-corrected chi connectivity index (χ3v) is 10.8. The first kappa shape index (κ1) is 23.9. The van der Waals surface area contributed by atoms with Gasteiger partial charge in [-0.3, -0.25) is 9.89 Å². The molecule has 4 saturated carbocycles. The zero-order valence-electron chi connectivity index (χ0n) is 20.3. The number of hydrogen-bond acceptors (Lipinski definition) is 3. The maximum atomic E-state index is 11.5. The Morgan fingerprint density at radius 2 is 1.94 bits per heavy atom. The van der Waals surface area contributed by atoms with Crippen LogP contribution in [0.25, 0.3) is 0 Å². The van der Waals surface area contributed by atoms with Gasteiger partial charge in [-0.05, 0) is 110 Å². The van der Waals surface area contributed by atoms with Crippen LogP contribution in [0.1, 0.15) is 58.3 Å². The van der Waals surface area contributed by atoms with Crippen LogP contribution in [-0.4, -0.2) is 48.0 Å². The summed E-state index contributed by atoms with van der Waals surface area (Å²) in [6.45, 7) is 5.33. The van der Waals surface area contributed by atoms with E-state index in [-0.39, 0.29) is 11.3 Å². The van der Waals surface area contributed by atoms with Crippen molar-refractivity contribution in [2.24, 2.45) is 40.0 Å². The maximum Gasteiger partial charge on any atom is 0.0871 e. The molecule has 34 heavy (non-hydrogen) atoms. The molecule has 7 rings (SSSR count). The molecule has 6 unspecified atom stereocenters. The van der Waals surface area contributed by atoms with E-state index in [0.29, 0.717) is 12.0 Å². The first-order valence-electron chi connectivity index (χ1n) is 13.4. The monoisotopic (exact) mass is 588 g/mol. The van der Waals surface area contributed by atoms with Crippen molar-refractivity contribution in [3.63, 3.8) is 0 Å². The van der Waals surface area contributed by atoms with Crippen molar-refractivity contribution in [2.75, 3.05) is 19.6 Å². The molecule has 4 bridgehead atoms. The molecule has 0 spiro atoms. The first-order chi connectivity index (χ1) is 16.4. The number of allylic oxidation sites excluding steroid dienone is 5. The number of hydrogen-bond donors (Lipinski definition) is 1. The fourth-order valence-electron chi connectivity index (χ4n) is 8.59. The second kappa shape index (κ2) is 9.43. The standard InChI is InChI=1S/C29H38Br2N2O/c1-18-5-23(28(34)27(6-18)29-12-19-7-21(13-29)22(8-19)14-29)15-32-16-26-3-2-4-33(26)17-20-9-24(30)11-25(31)10-20/h5-6,9,11,15,19-23,26,28,34H,2-4,7-8,10,12-14,16-17H2,1H3/b32-15+. The zero-order valence-corrected chi connectivity index (χ0v) is 23.5. The van der Waals surface area contributed by atoms with Gasteiger partial charge in [0.05, 0.1) is 12.6 Å². The topological polar surface area (TPSA) is 35.8 Å². The number of aliphatic hydroxyl groups is 1. The van der Waals surface area contributed by atoms with E-state index in [1.54, 1.807) is 0 Å². The molecule has 7 aliphatic rings. The van der Waals surface area contributed by atoms with E-state index in [0.717, 1.165) is 37.3 Å². The molecule has 1 saturated heterocycles. The second-order valence-corrected chi connectivity index (χ2v) is 14.1. The molecular formula is C29H38Br2N2O. The normalized spacial score (nSPS) is 43.9. The molecule has 5 heteroatoms. The predicted octanol–water partition coefficient (Wildman–Crippen LogP) is 6.79. The summed E-state index contributed by atoms with van der Waals surface area (Å²) < 4.78 is 2.46. The minimum atomic E-state index is -0.391. The molecule has 184 valence electrons. The van der Waals surface area contributed by atoms with Crippen LogP contribution in [0.3, 0.4) is 0 Å². The van der Waals surface area contributed by atoms with Crippen molar-refractivity contribution in [1.82, 2.24) is 4.90 Å². The van der Waals surface area contributed by atoms with Gasteiger partial charge in [-0.1, -0.05) is 55.7 Å². The average Bonchev–Trinajstić information content (AvgIpc) is 3.40. The van der Waals surface area contributed by atoms with E-state index in [2.05, 4.69) is 74.2 Å². The Morgan fingerprint density at radius 3 is 2.68 bits per heavy atom. The smallest absolute Gasteiger partial charge is 0.0871 e. The van der Waals surface area contributed by atoms with E-state index in [1.165, 1.54) is 71.6 Å². The van der Waals surface area contributed by atoms with Gasteiger partial charge < -0.3 is 5.11 Å². The number of aliphatic hydroxyl groups excluding tert-OH is 1. The molecule has 5 fully saturated rings. The Morgan fingerprint density at radius 1 is 1.15 bits per heavy atom. The van der Waals surface area contributed by atoms with Gasteiger partial charge in [-0.15, -0.1) is 0 Å².